The molecule has 2 N–H and O–H groups in total. The van der Waals surface area contributed by atoms with Crippen LogP contribution in [-0.4, -0.2) is 59.0 Å². The van der Waals surface area contributed by atoms with Crippen molar-refractivity contribution in [1.82, 2.24) is 15.5 Å². The molecule has 2 unspecified atom stereocenters. The minimum Gasteiger partial charge on any atom is -0.444 e. The van der Waals surface area contributed by atoms with Crippen LogP contribution in [0.1, 0.15) is 77.0 Å². The maximum absolute atomic E-state index is 14.0. The second-order valence-electron chi connectivity index (χ2n) is 9.88. The molecule has 1 aromatic carbocycles. The zero-order chi connectivity index (χ0) is 26.0. The van der Waals surface area contributed by atoms with Crippen LogP contribution in [0.2, 0.25) is 0 Å². The number of carbonyl (C=O) groups excluding carboxylic acids is 3. The van der Waals surface area contributed by atoms with Gasteiger partial charge in [0.2, 0.25) is 11.8 Å². The summed E-state index contributed by atoms with van der Waals surface area (Å²) in [6.45, 7) is 11.8. The van der Waals surface area contributed by atoms with E-state index in [1.807, 2.05) is 30.5 Å². The zero-order valence-electron chi connectivity index (χ0n) is 21.8. The van der Waals surface area contributed by atoms with Crippen LogP contribution < -0.4 is 10.6 Å². The molecule has 35 heavy (non-hydrogen) atoms. The SMILES string of the molecule is C=Cc1cccc(C(C(=O)NCCCC)N(C(=O)C(CCSC)NC(=O)OC(C)(C)C)C2CC2)c1. The van der Waals surface area contributed by atoms with Crippen molar-refractivity contribution in [2.75, 3.05) is 18.6 Å². The predicted molar refractivity (Wildman–Crippen MR) is 143 cm³/mol. The first-order valence-electron chi connectivity index (χ1n) is 12.4. The highest BCUT2D eigenvalue weighted by Crippen LogP contribution is 2.36. The topological polar surface area (TPSA) is 87.7 Å². The summed E-state index contributed by atoms with van der Waals surface area (Å²) >= 11 is 1.60. The largest absolute Gasteiger partial charge is 0.444 e. The Labute approximate surface area is 214 Å². The summed E-state index contributed by atoms with van der Waals surface area (Å²) in [7, 11) is 0. The molecule has 1 aliphatic rings. The third kappa shape index (κ3) is 9.24. The molecule has 3 amide bonds. The van der Waals surface area contributed by atoms with Crippen molar-refractivity contribution in [3.8, 4) is 0 Å². The van der Waals surface area contributed by atoms with Gasteiger partial charge >= 0.3 is 6.09 Å². The predicted octanol–water partition coefficient (Wildman–Crippen LogP) is 4.92. The van der Waals surface area contributed by atoms with E-state index in [-0.39, 0.29) is 17.9 Å². The van der Waals surface area contributed by atoms with Gasteiger partial charge in [0.25, 0.3) is 0 Å². The maximum atomic E-state index is 14.0. The number of amides is 3. The van der Waals surface area contributed by atoms with Crippen LogP contribution in [0.5, 0.6) is 0 Å². The summed E-state index contributed by atoms with van der Waals surface area (Å²) in [5.41, 5.74) is 0.931. The van der Waals surface area contributed by atoms with E-state index in [1.165, 1.54) is 0 Å². The Bertz CT molecular complexity index is 879. The molecule has 0 saturated heterocycles. The van der Waals surface area contributed by atoms with E-state index >= 15 is 0 Å². The first kappa shape index (κ1) is 28.8. The van der Waals surface area contributed by atoms with Crippen LogP contribution in [0.15, 0.2) is 30.8 Å². The normalized spacial score (nSPS) is 15.0. The number of nitrogens with one attached hydrogen (secondary N) is 2. The van der Waals surface area contributed by atoms with Crippen molar-refractivity contribution in [1.29, 1.82) is 0 Å². The van der Waals surface area contributed by atoms with Gasteiger partial charge in [-0.05, 0) is 75.7 Å². The summed E-state index contributed by atoms with van der Waals surface area (Å²) in [6, 6.07) is 5.94. The van der Waals surface area contributed by atoms with Crippen LogP contribution in [0.3, 0.4) is 0 Å². The Hall–Kier alpha value is -2.48. The van der Waals surface area contributed by atoms with Gasteiger partial charge < -0.3 is 20.3 Å². The minimum atomic E-state index is -0.788. The lowest BCUT2D eigenvalue weighted by molar-refractivity contribution is -0.143. The summed E-state index contributed by atoms with van der Waals surface area (Å²) in [5.74, 6) is 0.220. The van der Waals surface area contributed by atoms with Gasteiger partial charge in [0, 0.05) is 12.6 Å². The smallest absolute Gasteiger partial charge is 0.408 e. The lowest BCUT2D eigenvalue weighted by atomic mass is 9.99. The van der Waals surface area contributed by atoms with Crippen molar-refractivity contribution in [3.05, 3.63) is 42.0 Å². The van der Waals surface area contributed by atoms with E-state index in [2.05, 4.69) is 24.1 Å². The van der Waals surface area contributed by atoms with Crippen LogP contribution in [0, 0.1) is 0 Å². The third-order valence-corrected chi connectivity index (χ3v) is 6.26. The molecule has 7 nitrogen and oxygen atoms in total. The number of hydrogen-bond donors (Lipinski definition) is 2. The Kier molecular flexibility index (Phi) is 11.1. The van der Waals surface area contributed by atoms with Crippen LogP contribution in [0.4, 0.5) is 4.79 Å². The monoisotopic (exact) mass is 503 g/mol. The fraction of sp³-hybridized carbons (Fsp3) is 0.593. The lowest BCUT2D eigenvalue weighted by Crippen LogP contribution is -2.54. The average Bonchev–Trinajstić information content (AvgIpc) is 3.63. The molecule has 2 atom stereocenters. The number of benzene rings is 1. The van der Waals surface area contributed by atoms with Gasteiger partial charge in [-0.15, -0.1) is 0 Å². The standard InChI is InChI=1S/C27H41N3O4S/c1-7-9-16-28-24(31)23(20-12-10-11-19(8-2)18-20)30(21-13-14-21)25(32)22(15-17-35-6)29-26(33)34-27(3,4)5/h8,10-12,18,21-23H,2,7,9,13-17H2,1,3-6H3,(H,28,31)(H,29,33). The van der Waals surface area contributed by atoms with Gasteiger partial charge in [0.05, 0.1) is 0 Å². The molecule has 0 bridgehead atoms. The first-order valence-corrected chi connectivity index (χ1v) is 13.8. The van der Waals surface area contributed by atoms with E-state index < -0.39 is 23.8 Å². The number of thioether (sulfide) groups is 1. The molecule has 0 heterocycles. The quantitative estimate of drug-likeness (QED) is 0.373. The van der Waals surface area contributed by atoms with Gasteiger partial charge in [0.1, 0.15) is 17.7 Å². The lowest BCUT2D eigenvalue weighted by Gasteiger charge is -2.35. The molecule has 0 aliphatic heterocycles. The van der Waals surface area contributed by atoms with Crippen molar-refractivity contribution < 1.29 is 19.1 Å². The number of nitrogens with zero attached hydrogens (tertiary/aromatic N) is 1. The Balaban J connectivity index is 2.41. The van der Waals surface area contributed by atoms with E-state index in [1.54, 1.807) is 43.5 Å². The van der Waals surface area contributed by atoms with E-state index in [4.69, 9.17) is 4.74 Å². The first-order chi connectivity index (χ1) is 16.6. The molecule has 1 aromatic rings. The summed E-state index contributed by atoms with van der Waals surface area (Å²) < 4.78 is 5.42. The number of alkyl carbamates (subject to hydrolysis) is 1. The molecule has 0 radical (unpaired) electrons. The number of carbonyl (C=O) groups is 3. The van der Waals surface area contributed by atoms with Gasteiger partial charge in [-0.25, -0.2) is 4.79 Å². The van der Waals surface area contributed by atoms with Crippen LogP contribution in [0.25, 0.3) is 6.08 Å². The average molecular weight is 504 g/mol. The van der Waals surface area contributed by atoms with Crippen molar-refractivity contribution in [3.63, 3.8) is 0 Å². The maximum Gasteiger partial charge on any atom is 0.408 e. The van der Waals surface area contributed by atoms with Gasteiger partial charge in [0.15, 0.2) is 0 Å². The van der Waals surface area contributed by atoms with Gasteiger partial charge in [-0.3, -0.25) is 9.59 Å². The summed E-state index contributed by atoms with van der Waals surface area (Å²) in [5, 5.41) is 5.79. The Morgan fingerprint density at radius 3 is 2.57 bits per heavy atom. The molecule has 1 fully saturated rings. The number of rotatable bonds is 13. The molecular formula is C27H41N3O4S. The Morgan fingerprint density at radius 1 is 1.29 bits per heavy atom. The highest BCUT2D eigenvalue weighted by molar-refractivity contribution is 7.98. The number of unbranched alkanes of at least 4 members (excludes halogenated alkanes) is 1. The molecule has 194 valence electrons. The zero-order valence-corrected chi connectivity index (χ0v) is 22.6. The summed E-state index contributed by atoms with van der Waals surface area (Å²) in [6.07, 6.45) is 6.96. The fourth-order valence-electron chi connectivity index (χ4n) is 3.77. The molecule has 1 aliphatic carbocycles. The fourth-order valence-corrected chi connectivity index (χ4v) is 4.24. The van der Waals surface area contributed by atoms with Crippen LogP contribution in [-0.2, 0) is 14.3 Å². The highest BCUT2D eigenvalue weighted by atomic mass is 32.2. The van der Waals surface area contributed by atoms with Crippen molar-refractivity contribution in [2.24, 2.45) is 0 Å². The number of ether oxygens (including phenoxy) is 1. The second-order valence-corrected chi connectivity index (χ2v) is 10.9. The third-order valence-electron chi connectivity index (χ3n) is 5.61. The van der Waals surface area contributed by atoms with E-state index in [0.717, 1.165) is 36.8 Å². The van der Waals surface area contributed by atoms with E-state index in [0.29, 0.717) is 18.7 Å². The minimum absolute atomic E-state index is 0.0472. The molecule has 0 spiro atoms. The summed E-state index contributed by atoms with van der Waals surface area (Å²) in [4.78, 5) is 41.7. The van der Waals surface area contributed by atoms with Crippen molar-refractivity contribution >= 4 is 35.7 Å². The van der Waals surface area contributed by atoms with E-state index in [9.17, 15) is 14.4 Å². The van der Waals surface area contributed by atoms with Gasteiger partial charge in [-0.2, -0.15) is 11.8 Å². The highest BCUT2D eigenvalue weighted by Gasteiger charge is 2.43. The van der Waals surface area contributed by atoms with Crippen molar-refractivity contribution in [2.45, 2.75) is 83.5 Å². The van der Waals surface area contributed by atoms with Gasteiger partial charge in [-0.1, -0.05) is 44.2 Å². The molecule has 0 aromatic heterocycles. The molecule has 8 heteroatoms. The van der Waals surface area contributed by atoms with Crippen LogP contribution >= 0.6 is 11.8 Å². The molecule has 2 rings (SSSR count). The second kappa shape index (κ2) is 13.6. The molecule has 1 saturated carbocycles. The number of hydrogen-bond acceptors (Lipinski definition) is 5. The molecular weight excluding hydrogens is 462 g/mol. The Morgan fingerprint density at radius 2 is 2.00 bits per heavy atom.